The monoisotopic (exact) mass is 636 g/mol. The van der Waals surface area contributed by atoms with Gasteiger partial charge in [0.25, 0.3) is 0 Å². The molecule has 3 heterocycles. The second-order valence-electron chi connectivity index (χ2n) is 13.0. The van der Waals surface area contributed by atoms with Gasteiger partial charge in [0.2, 0.25) is 0 Å². The zero-order valence-electron chi connectivity index (χ0n) is 27.7. The summed E-state index contributed by atoms with van der Waals surface area (Å²) in [4.78, 5) is 29.8. The van der Waals surface area contributed by atoms with Gasteiger partial charge in [0.05, 0.1) is 25.2 Å². The van der Waals surface area contributed by atoms with Crippen LogP contribution in [-0.2, 0) is 34.0 Å². The van der Waals surface area contributed by atoms with Crippen molar-refractivity contribution in [2.24, 2.45) is 0 Å². The quantitative estimate of drug-likeness (QED) is 0.185. The van der Waals surface area contributed by atoms with Crippen molar-refractivity contribution in [1.29, 1.82) is 0 Å². The molecule has 2 aromatic rings. The molecule has 6 atom stereocenters. The van der Waals surface area contributed by atoms with Gasteiger partial charge in [-0.25, -0.2) is 0 Å². The topological polar surface area (TPSA) is 101 Å². The fourth-order valence-electron chi connectivity index (χ4n) is 7.56. The van der Waals surface area contributed by atoms with Crippen LogP contribution in [0, 0.1) is 0 Å². The zero-order valence-corrected chi connectivity index (χ0v) is 27.7. The Bertz CT molecular complexity index is 1220. The van der Waals surface area contributed by atoms with E-state index in [-0.39, 0.29) is 24.6 Å². The standard InChI is InChI=1S/C20H31NO3.C17H21NO4/c1-3-21(4-2)14-15-23-16-17-24-19(22)20(12-8-9-13-20)18-10-6-5-7-11-18;1-18-13-7-11(8-14(18)16-15(13)22-16)21-17(20)12(9-19)10-5-3-2-4-6-10/h5-7,10-11H,3-4,8-9,12-17H2,1-2H3;2-6,11-16,19H,7-9H2,1H3/t;11?,12-,13-,14+,15-,16+/m.1/s1. The molecule has 2 bridgehead atoms. The minimum atomic E-state index is -0.593. The van der Waals surface area contributed by atoms with E-state index >= 15 is 0 Å². The molecular formula is C37H52N2O7. The lowest BCUT2D eigenvalue weighted by atomic mass is 9.79. The number of hydrogen-bond acceptors (Lipinski definition) is 9. The molecule has 1 saturated carbocycles. The van der Waals surface area contributed by atoms with Crippen LogP contribution in [0.5, 0.6) is 0 Å². The van der Waals surface area contributed by atoms with Crippen LogP contribution in [0.15, 0.2) is 60.7 Å². The van der Waals surface area contributed by atoms with E-state index in [0.29, 0.717) is 44.1 Å². The molecule has 46 heavy (non-hydrogen) atoms. The number of epoxide rings is 1. The molecule has 4 fully saturated rings. The van der Waals surface area contributed by atoms with E-state index in [9.17, 15) is 14.7 Å². The molecule has 9 nitrogen and oxygen atoms in total. The van der Waals surface area contributed by atoms with Gasteiger partial charge in [-0.05, 0) is 44.1 Å². The van der Waals surface area contributed by atoms with E-state index in [1.165, 1.54) is 0 Å². The first kappa shape index (κ1) is 34.5. The van der Waals surface area contributed by atoms with Crippen molar-refractivity contribution in [2.45, 2.75) is 94.1 Å². The third-order valence-corrected chi connectivity index (χ3v) is 10.4. The highest BCUT2D eigenvalue weighted by Crippen LogP contribution is 2.48. The maximum Gasteiger partial charge on any atom is 0.316 e. The molecule has 0 spiro atoms. The second kappa shape index (κ2) is 16.3. The minimum Gasteiger partial charge on any atom is -0.463 e. The van der Waals surface area contributed by atoms with E-state index < -0.39 is 11.3 Å². The van der Waals surface area contributed by atoms with Gasteiger partial charge >= 0.3 is 11.9 Å². The van der Waals surface area contributed by atoms with Crippen LogP contribution in [-0.4, -0.2) is 110 Å². The number of aliphatic hydroxyl groups is 1. The molecule has 1 N–H and O–H groups in total. The van der Waals surface area contributed by atoms with Crippen molar-refractivity contribution >= 4 is 11.9 Å². The number of nitrogens with zero attached hydrogens (tertiary/aromatic N) is 2. The molecular weight excluding hydrogens is 584 g/mol. The largest absolute Gasteiger partial charge is 0.463 e. The predicted molar refractivity (Wildman–Crippen MR) is 176 cm³/mol. The number of likely N-dealkylation sites (N-methyl/N-ethyl adjacent to an activating group) is 2. The maximum absolute atomic E-state index is 12.7. The molecule has 0 amide bonds. The molecule has 6 rings (SSSR count). The van der Waals surface area contributed by atoms with Crippen LogP contribution in [0.25, 0.3) is 0 Å². The highest BCUT2D eigenvalue weighted by molar-refractivity contribution is 5.83. The number of carbonyl (C=O) groups is 2. The van der Waals surface area contributed by atoms with Gasteiger partial charge in [-0.3, -0.25) is 14.5 Å². The molecule has 1 aliphatic carbocycles. The lowest BCUT2D eigenvalue weighted by Crippen LogP contribution is -2.48. The first-order chi connectivity index (χ1) is 22.4. The summed E-state index contributed by atoms with van der Waals surface area (Å²) >= 11 is 0. The number of carbonyl (C=O) groups excluding carboxylic acids is 2. The number of morpholine rings is 1. The summed E-state index contributed by atoms with van der Waals surface area (Å²) in [5.41, 5.74) is 1.45. The van der Waals surface area contributed by atoms with Gasteiger partial charge in [-0.2, -0.15) is 0 Å². The van der Waals surface area contributed by atoms with E-state index in [4.69, 9.17) is 18.9 Å². The van der Waals surface area contributed by atoms with Crippen LogP contribution in [0.3, 0.4) is 0 Å². The van der Waals surface area contributed by atoms with E-state index in [2.05, 4.69) is 30.7 Å². The molecule has 0 radical (unpaired) electrons. The first-order valence-electron chi connectivity index (χ1n) is 17.2. The fourth-order valence-corrected chi connectivity index (χ4v) is 7.56. The summed E-state index contributed by atoms with van der Waals surface area (Å²) in [6, 6.07) is 20.1. The average molecular weight is 637 g/mol. The highest BCUT2D eigenvalue weighted by atomic mass is 16.6. The number of hydrogen-bond donors (Lipinski definition) is 1. The SMILES string of the molecule is CCN(CC)CCOCCOC(=O)C1(c2ccccc2)CCCC1.CN1[C@@H]2CC(OC(=O)[C@H](CO)c3ccccc3)C[C@H]1[C@@H]1O[C@@H]12. The first-order valence-corrected chi connectivity index (χ1v) is 17.2. The fraction of sp³-hybridized carbons (Fsp3) is 0.622. The van der Waals surface area contributed by atoms with Crippen LogP contribution in [0.4, 0.5) is 0 Å². The summed E-state index contributed by atoms with van der Waals surface area (Å²) in [6.07, 6.45) is 6.21. The van der Waals surface area contributed by atoms with Crippen molar-refractivity contribution in [1.82, 2.24) is 9.80 Å². The Hall–Kier alpha value is -2.82. The number of aliphatic hydroxyl groups excluding tert-OH is 1. The Kier molecular flexibility index (Phi) is 12.3. The van der Waals surface area contributed by atoms with E-state index in [1.807, 2.05) is 60.7 Å². The van der Waals surface area contributed by atoms with Crippen LogP contribution in [0.2, 0.25) is 0 Å². The molecule has 9 heteroatoms. The van der Waals surface area contributed by atoms with Crippen LogP contribution < -0.4 is 0 Å². The summed E-state index contributed by atoms with van der Waals surface area (Å²) in [6.45, 7) is 8.56. The molecule has 1 unspecified atom stereocenters. The van der Waals surface area contributed by atoms with Gasteiger partial charge in [-0.1, -0.05) is 87.4 Å². The van der Waals surface area contributed by atoms with Crippen LogP contribution >= 0.6 is 0 Å². The summed E-state index contributed by atoms with van der Waals surface area (Å²) in [7, 11) is 2.13. The van der Waals surface area contributed by atoms with Crippen molar-refractivity contribution in [3.63, 3.8) is 0 Å². The number of benzene rings is 2. The second-order valence-corrected chi connectivity index (χ2v) is 13.0. The molecule has 252 valence electrons. The lowest BCUT2D eigenvalue weighted by Gasteiger charge is -2.38. The summed E-state index contributed by atoms with van der Waals surface area (Å²) in [5, 5.41) is 9.56. The van der Waals surface area contributed by atoms with Crippen molar-refractivity contribution in [2.75, 3.05) is 53.1 Å². The number of rotatable bonds is 14. The Morgan fingerprint density at radius 2 is 1.54 bits per heavy atom. The van der Waals surface area contributed by atoms with Crippen molar-refractivity contribution in [3.8, 4) is 0 Å². The lowest BCUT2D eigenvalue weighted by molar-refractivity contribution is -0.156. The zero-order chi connectivity index (χ0) is 32.5. The Labute approximate surface area is 274 Å². The molecule has 0 aromatic heterocycles. The number of piperidine rings is 1. The van der Waals surface area contributed by atoms with Gasteiger partial charge in [0.15, 0.2) is 0 Å². The predicted octanol–water partition coefficient (Wildman–Crippen LogP) is 4.32. The third kappa shape index (κ3) is 8.00. The smallest absolute Gasteiger partial charge is 0.316 e. The van der Waals surface area contributed by atoms with E-state index in [1.54, 1.807) is 0 Å². The molecule has 3 aliphatic heterocycles. The number of esters is 2. The van der Waals surface area contributed by atoms with Crippen LogP contribution in [0.1, 0.15) is 69.4 Å². The molecule has 2 aromatic carbocycles. The van der Waals surface area contributed by atoms with Gasteiger partial charge in [0, 0.05) is 31.5 Å². The molecule has 4 aliphatic rings. The van der Waals surface area contributed by atoms with Gasteiger partial charge in [-0.15, -0.1) is 0 Å². The van der Waals surface area contributed by atoms with Crippen molar-refractivity contribution < 1.29 is 33.6 Å². The average Bonchev–Trinajstić information content (AvgIpc) is 3.67. The minimum absolute atomic E-state index is 0.0622. The Morgan fingerprint density at radius 3 is 2.13 bits per heavy atom. The normalized spacial score (nSPS) is 26.5. The molecule has 3 saturated heterocycles. The summed E-state index contributed by atoms with van der Waals surface area (Å²) < 4.78 is 22.5. The number of fused-ring (bicyclic) bond motifs is 5. The number of ether oxygens (including phenoxy) is 4. The Morgan fingerprint density at radius 1 is 0.935 bits per heavy atom. The highest BCUT2D eigenvalue weighted by Gasteiger charge is 2.62. The van der Waals surface area contributed by atoms with E-state index in [0.717, 1.165) is 69.3 Å². The van der Waals surface area contributed by atoms with Crippen molar-refractivity contribution in [3.05, 3.63) is 71.8 Å². The van der Waals surface area contributed by atoms with Gasteiger partial charge in [0.1, 0.15) is 30.8 Å². The maximum atomic E-state index is 12.7. The summed E-state index contributed by atoms with van der Waals surface area (Å²) in [5.74, 6) is -1.000. The third-order valence-electron chi connectivity index (χ3n) is 10.4. The Balaban J connectivity index is 0.000000182. The van der Waals surface area contributed by atoms with Gasteiger partial charge < -0.3 is 29.0 Å².